The minimum absolute atomic E-state index is 0.0844. The summed E-state index contributed by atoms with van der Waals surface area (Å²) >= 11 is 0. The lowest BCUT2D eigenvalue weighted by Gasteiger charge is -2.31. The number of aryl methyl sites for hydroxylation is 1. The van der Waals surface area contributed by atoms with Crippen molar-refractivity contribution in [2.24, 2.45) is 7.05 Å². The number of aromatic nitrogens is 1. The van der Waals surface area contributed by atoms with Crippen LogP contribution in [-0.4, -0.2) is 43.0 Å². The molecule has 126 valence electrons. The highest BCUT2D eigenvalue weighted by Gasteiger charge is 2.41. The summed E-state index contributed by atoms with van der Waals surface area (Å²) in [7, 11) is 0.0160. The van der Waals surface area contributed by atoms with Gasteiger partial charge < -0.3 is 9.15 Å². The van der Waals surface area contributed by atoms with Gasteiger partial charge in [-0.3, -0.25) is 9.36 Å². The highest BCUT2D eigenvalue weighted by atomic mass is 32.2. The maximum atomic E-state index is 12.7. The molecule has 2 aromatic rings. The zero-order chi connectivity index (χ0) is 17.6. The Bertz CT molecular complexity index is 922. The summed E-state index contributed by atoms with van der Waals surface area (Å²) in [5.74, 6) is -1.27. The third kappa shape index (κ3) is 2.66. The zero-order valence-electron chi connectivity index (χ0n) is 13.5. The Morgan fingerprint density at radius 1 is 1.35 bits per heavy atom. The van der Waals surface area contributed by atoms with Crippen LogP contribution < -0.4 is 5.76 Å². The summed E-state index contributed by atoms with van der Waals surface area (Å²) in [6.07, 6.45) is 0. The number of methoxy groups -OCH3 is 1. The van der Waals surface area contributed by atoms with E-state index in [4.69, 9.17) is 4.42 Å². The van der Waals surface area contributed by atoms with Gasteiger partial charge in [0.15, 0.2) is 5.58 Å². The molecule has 23 heavy (non-hydrogen) atoms. The molecular weight excluding hydrogens is 324 g/mol. The average Bonchev–Trinajstić information content (AvgIpc) is 2.79. The van der Waals surface area contributed by atoms with E-state index in [1.54, 1.807) is 0 Å². The second-order valence-electron chi connectivity index (χ2n) is 5.58. The fourth-order valence-electron chi connectivity index (χ4n) is 2.11. The summed E-state index contributed by atoms with van der Waals surface area (Å²) in [5, 5.41) is 0. The highest BCUT2D eigenvalue weighted by Crippen LogP contribution is 2.26. The quantitative estimate of drug-likeness (QED) is 0.759. The molecule has 0 N–H and O–H groups in total. The van der Waals surface area contributed by atoms with Crippen molar-refractivity contribution < 1.29 is 22.4 Å². The summed E-state index contributed by atoms with van der Waals surface area (Å²) < 4.78 is 37.3. The second kappa shape index (κ2) is 5.50. The Labute approximate surface area is 133 Å². The van der Waals surface area contributed by atoms with Crippen molar-refractivity contribution >= 4 is 27.1 Å². The number of carbonyl (C=O) groups is 1. The van der Waals surface area contributed by atoms with Crippen LogP contribution in [-0.2, 0) is 26.6 Å². The fourth-order valence-corrected chi connectivity index (χ4v) is 3.60. The van der Waals surface area contributed by atoms with Crippen LogP contribution in [0.2, 0.25) is 0 Å². The van der Waals surface area contributed by atoms with Crippen molar-refractivity contribution in [1.82, 2.24) is 8.87 Å². The monoisotopic (exact) mass is 342 g/mol. The van der Waals surface area contributed by atoms with Crippen molar-refractivity contribution in [2.45, 2.75) is 24.3 Å². The molecule has 8 nitrogen and oxygen atoms in total. The molecule has 0 amide bonds. The molecule has 0 saturated carbocycles. The normalized spacial score (nSPS) is 12.8. The van der Waals surface area contributed by atoms with Gasteiger partial charge in [-0.05, 0) is 26.0 Å². The van der Waals surface area contributed by atoms with E-state index < -0.39 is 27.3 Å². The Hall–Kier alpha value is -2.13. The topological polar surface area (TPSA) is 98.8 Å². The highest BCUT2D eigenvalue weighted by molar-refractivity contribution is 7.89. The standard InChI is InChI=1S/C14H18N2O6S/c1-14(2,12(17)21-5)16(4)23(19,20)9-6-7-10-11(8-9)22-13(18)15(10)3/h6-8H,1-5H3. The van der Waals surface area contributed by atoms with E-state index in [2.05, 4.69) is 4.74 Å². The molecule has 0 radical (unpaired) electrons. The van der Waals surface area contributed by atoms with E-state index in [9.17, 15) is 18.0 Å². The number of nitrogens with zero attached hydrogens (tertiary/aromatic N) is 2. The lowest BCUT2D eigenvalue weighted by molar-refractivity contribution is -0.149. The molecule has 1 heterocycles. The van der Waals surface area contributed by atoms with Gasteiger partial charge in [0.25, 0.3) is 0 Å². The maximum absolute atomic E-state index is 12.7. The van der Waals surface area contributed by atoms with E-state index >= 15 is 0 Å². The predicted octanol–water partition coefficient (Wildman–Crippen LogP) is 0.704. The summed E-state index contributed by atoms with van der Waals surface area (Å²) in [4.78, 5) is 23.2. The van der Waals surface area contributed by atoms with Crippen LogP contribution in [0.5, 0.6) is 0 Å². The molecule has 9 heteroatoms. The van der Waals surface area contributed by atoms with Gasteiger partial charge in [-0.2, -0.15) is 4.31 Å². The van der Waals surface area contributed by atoms with Crippen LogP contribution in [0.3, 0.4) is 0 Å². The first-order valence-corrected chi connectivity index (χ1v) is 8.14. The number of likely N-dealkylation sites (N-methyl/N-ethyl adjacent to an activating group) is 1. The number of hydrogen-bond acceptors (Lipinski definition) is 6. The Balaban J connectivity index is 2.55. The van der Waals surface area contributed by atoms with E-state index in [0.29, 0.717) is 5.52 Å². The zero-order valence-corrected chi connectivity index (χ0v) is 14.3. The molecule has 0 spiro atoms. The molecule has 0 bridgehead atoms. The van der Waals surface area contributed by atoms with E-state index in [1.165, 1.54) is 57.8 Å². The van der Waals surface area contributed by atoms with Gasteiger partial charge in [0.05, 0.1) is 17.5 Å². The second-order valence-corrected chi connectivity index (χ2v) is 7.55. The number of fused-ring (bicyclic) bond motifs is 1. The molecular formula is C14H18N2O6S. The SMILES string of the molecule is COC(=O)C(C)(C)N(C)S(=O)(=O)c1ccc2c(c1)oc(=O)n2C. The minimum atomic E-state index is -3.99. The van der Waals surface area contributed by atoms with Gasteiger partial charge >= 0.3 is 11.7 Å². The number of hydrogen-bond donors (Lipinski definition) is 0. The largest absolute Gasteiger partial charge is 0.468 e. The van der Waals surface area contributed by atoms with Gasteiger partial charge in [-0.25, -0.2) is 13.2 Å². The van der Waals surface area contributed by atoms with Crippen LogP contribution in [0, 0.1) is 0 Å². The number of ether oxygens (including phenoxy) is 1. The van der Waals surface area contributed by atoms with E-state index in [-0.39, 0.29) is 10.5 Å². The summed E-state index contributed by atoms with van der Waals surface area (Å²) in [6, 6.07) is 4.10. The molecule has 0 aliphatic carbocycles. The molecule has 0 fully saturated rings. The van der Waals surface area contributed by atoms with Crippen molar-refractivity contribution in [3.63, 3.8) is 0 Å². The molecule has 0 unspecified atom stereocenters. The molecule has 1 aromatic carbocycles. The van der Waals surface area contributed by atoms with Crippen molar-refractivity contribution in [2.75, 3.05) is 14.2 Å². The van der Waals surface area contributed by atoms with Gasteiger partial charge in [-0.1, -0.05) is 0 Å². The van der Waals surface area contributed by atoms with Crippen molar-refractivity contribution in [3.8, 4) is 0 Å². The molecule has 0 aliphatic rings. The Kier molecular flexibility index (Phi) is 4.12. The van der Waals surface area contributed by atoms with Crippen LogP contribution in [0.25, 0.3) is 11.1 Å². The number of sulfonamides is 1. The Morgan fingerprint density at radius 2 is 1.96 bits per heavy atom. The predicted molar refractivity (Wildman–Crippen MR) is 82.5 cm³/mol. The summed E-state index contributed by atoms with van der Waals surface area (Å²) in [5.41, 5.74) is -0.758. The molecule has 0 atom stereocenters. The molecule has 1 aromatic heterocycles. The fraction of sp³-hybridized carbons (Fsp3) is 0.429. The summed E-state index contributed by atoms with van der Waals surface area (Å²) in [6.45, 7) is 2.88. The first kappa shape index (κ1) is 17.2. The molecule has 0 aliphatic heterocycles. The van der Waals surface area contributed by atoms with Crippen LogP contribution in [0.1, 0.15) is 13.8 Å². The van der Waals surface area contributed by atoms with Crippen LogP contribution in [0.15, 0.2) is 32.3 Å². The smallest absolute Gasteiger partial charge is 0.419 e. The minimum Gasteiger partial charge on any atom is -0.468 e. The van der Waals surface area contributed by atoms with Gasteiger partial charge in [0.1, 0.15) is 5.54 Å². The van der Waals surface area contributed by atoms with E-state index in [0.717, 1.165) is 4.31 Å². The van der Waals surface area contributed by atoms with Crippen molar-refractivity contribution in [3.05, 3.63) is 28.7 Å². The maximum Gasteiger partial charge on any atom is 0.419 e. The van der Waals surface area contributed by atoms with Gasteiger partial charge in [0.2, 0.25) is 10.0 Å². The number of oxazole rings is 1. The third-order valence-electron chi connectivity index (χ3n) is 3.89. The van der Waals surface area contributed by atoms with Crippen LogP contribution in [0.4, 0.5) is 0 Å². The lowest BCUT2D eigenvalue weighted by atomic mass is 10.1. The molecule has 0 saturated heterocycles. The first-order chi connectivity index (χ1) is 10.5. The van der Waals surface area contributed by atoms with Gasteiger partial charge in [0, 0.05) is 20.2 Å². The third-order valence-corrected chi connectivity index (χ3v) is 5.92. The number of esters is 1. The number of benzene rings is 1. The molecule has 2 rings (SSSR count). The van der Waals surface area contributed by atoms with Crippen molar-refractivity contribution in [1.29, 1.82) is 0 Å². The Morgan fingerprint density at radius 3 is 2.52 bits per heavy atom. The lowest BCUT2D eigenvalue weighted by Crippen LogP contribution is -2.51. The van der Waals surface area contributed by atoms with E-state index in [1.807, 2.05) is 0 Å². The van der Waals surface area contributed by atoms with Crippen LogP contribution >= 0.6 is 0 Å². The first-order valence-electron chi connectivity index (χ1n) is 6.70. The number of rotatable bonds is 4. The average molecular weight is 342 g/mol. The van der Waals surface area contributed by atoms with Gasteiger partial charge in [-0.15, -0.1) is 0 Å². The number of carbonyl (C=O) groups excluding carboxylic acids is 1.